The average molecular weight is 671 g/mol. The van der Waals surface area contributed by atoms with Crippen molar-refractivity contribution in [1.82, 2.24) is 0 Å². The molecule has 0 N–H and O–H groups in total. The van der Waals surface area contributed by atoms with Crippen molar-refractivity contribution in [3.63, 3.8) is 0 Å². The highest BCUT2D eigenvalue weighted by molar-refractivity contribution is 6.04. The molecule has 0 spiro atoms. The Balaban J connectivity index is 1.50. The second-order valence-corrected chi connectivity index (χ2v) is 12.9. The van der Waals surface area contributed by atoms with Gasteiger partial charge in [-0.25, -0.2) is 8.78 Å². The van der Waals surface area contributed by atoms with Gasteiger partial charge in [0.2, 0.25) is 0 Å². The Labute approximate surface area is 295 Å². The van der Waals surface area contributed by atoms with Crippen molar-refractivity contribution in [2.45, 2.75) is 19.8 Å². The van der Waals surface area contributed by atoms with Gasteiger partial charge in [0.15, 0.2) is 23.0 Å². The normalized spacial score (nSPS) is 12.7. The van der Waals surface area contributed by atoms with E-state index in [-0.39, 0.29) is 17.6 Å². The van der Waals surface area contributed by atoms with Gasteiger partial charge in [0.25, 0.3) is 0 Å². The fourth-order valence-electron chi connectivity index (χ4n) is 7.43. The van der Waals surface area contributed by atoms with Crippen LogP contribution in [-0.2, 0) is 0 Å². The Bertz CT molecular complexity index is 2220. The van der Waals surface area contributed by atoms with Gasteiger partial charge in [0, 0.05) is 22.3 Å². The first kappa shape index (κ1) is 30.6. The molecule has 0 saturated carbocycles. The number of hydrogen-bond donors (Lipinski definition) is 0. The number of fused-ring (bicyclic) bond motifs is 4. The zero-order valence-electron chi connectivity index (χ0n) is 28.0. The number of benzene rings is 7. The van der Waals surface area contributed by atoms with E-state index < -0.39 is 0 Å². The van der Waals surface area contributed by atoms with Crippen molar-refractivity contribution >= 4 is 34.1 Å². The number of ether oxygens (including phenoxy) is 2. The van der Waals surface area contributed by atoms with E-state index in [9.17, 15) is 0 Å². The Morgan fingerprint density at radius 3 is 1.06 bits per heavy atom. The van der Waals surface area contributed by atoms with Crippen LogP contribution in [0.5, 0.6) is 23.0 Å². The molecule has 0 aromatic heterocycles. The minimum absolute atomic E-state index is 0.175. The SMILES string of the molecule is CC(C)c1c(-c2ccccc2F)c(N2c3ccccc3Oc3ccccc32)cc(N2c3ccccc3Oc3ccccc32)c1-c1ccccc1F. The summed E-state index contributed by atoms with van der Waals surface area (Å²) in [5.74, 6) is 1.76. The summed E-state index contributed by atoms with van der Waals surface area (Å²) in [6, 6.07) is 47.2. The van der Waals surface area contributed by atoms with Crippen LogP contribution in [0.3, 0.4) is 0 Å². The number of rotatable bonds is 5. The highest BCUT2D eigenvalue weighted by atomic mass is 19.1. The van der Waals surface area contributed by atoms with Crippen LogP contribution in [0.4, 0.5) is 42.9 Å². The quantitative estimate of drug-likeness (QED) is 0.182. The molecule has 0 amide bonds. The summed E-state index contributed by atoms with van der Waals surface area (Å²) in [5.41, 5.74) is 7.65. The Morgan fingerprint density at radius 2 is 0.725 bits per heavy atom. The maximum atomic E-state index is 16.4. The minimum atomic E-state index is -0.371. The third kappa shape index (κ3) is 4.94. The second-order valence-electron chi connectivity index (χ2n) is 12.9. The molecular weight excluding hydrogens is 639 g/mol. The maximum Gasteiger partial charge on any atom is 0.151 e. The Kier molecular flexibility index (Phi) is 7.32. The third-order valence-corrected chi connectivity index (χ3v) is 9.53. The van der Waals surface area contributed by atoms with Gasteiger partial charge in [-0.05, 0) is 78.2 Å². The van der Waals surface area contributed by atoms with Gasteiger partial charge in [-0.1, -0.05) is 98.8 Å². The van der Waals surface area contributed by atoms with Gasteiger partial charge < -0.3 is 19.3 Å². The van der Waals surface area contributed by atoms with Crippen LogP contribution in [0.1, 0.15) is 25.3 Å². The summed E-state index contributed by atoms with van der Waals surface area (Å²) in [7, 11) is 0. The van der Waals surface area contributed by atoms with Gasteiger partial charge in [-0.15, -0.1) is 0 Å². The highest BCUT2D eigenvalue weighted by Gasteiger charge is 2.36. The summed E-state index contributed by atoms with van der Waals surface area (Å²) in [5, 5.41) is 0. The number of anilines is 6. The van der Waals surface area contributed by atoms with Crippen molar-refractivity contribution in [1.29, 1.82) is 0 Å². The molecule has 7 aromatic carbocycles. The number of para-hydroxylation sites is 8. The summed E-state index contributed by atoms with van der Waals surface area (Å²) < 4.78 is 45.6. The van der Waals surface area contributed by atoms with Gasteiger partial charge in [-0.2, -0.15) is 0 Å². The molecule has 2 heterocycles. The van der Waals surface area contributed by atoms with Crippen LogP contribution in [0, 0.1) is 11.6 Å². The van der Waals surface area contributed by atoms with E-state index in [1.54, 1.807) is 12.1 Å². The maximum absolute atomic E-state index is 16.4. The fraction of sp³-hybridized carbons (Fsp3) is 0.0667. The molecule has 6 heteroatoms. The monoisotopic (exact) mass is 670 g/mol. The van der Waals surface area contributed by atoms with Crippen molar-refractivity contribution in [3.8, 4) is 45.3 Å². The Morgan fingerprint density at radius 1 is 0.412 bits per heavy atom. The molecule has 0 saturated heterocycles. The molecule has 0 radical (unpaired) electrons. The summed E-state index contributed by atoms with van der Waals surface area (Å²) in [6.07, 6.45) is 0. The number of halogens is 2. The first-order valence-electron chi connectivity index (χ1n) is 17.0. The van der Waals surface area contributed by atoms with Gasteiger partial charge >= 0.3 is 0 Å². The van der Waals surface area contributed by atoms with Gasteiger partial charge in [0.1, 0.15) is 11.6 Å². The number of nitrogens with zero attached hydrogens (tertiary/aromatic N) is 2. The fourth-order valence-corrected chi connectivity index (χ4v) is 7.43. The lowest BCUT2D eigenvalue weighted by Crippen LogP contribution is -2.21. The standard InChI is InChI=1S/C45H32F2N2O2/c1-28(2)43-44(29-15-3-5-17-31(29)46)37(48-33-19-7-11-23-39(33)50-40-24-12-8-20-34(40)48)27-38(45(43)30-16-4-6-18-32(30)47)49-35-21-9-13-25-41(35)51-42-26-14-10-22-36(42)49/h3-28H,1-2H3. The van der Waals surface area contributed by atoms with Crippen LogP contribution >= 0.6 is 0 Å². The molecule has 0 unspecified atom stereocenters. The molecular formula is C45H32F2N2O2. The van der Waals surface area contributed by atoms with E-state index in [0.717, 1.165) is 39.7 Å². The van der Waals surface area contributed by atoms with E-state index in [2.05, 4.69) is 29.7 Å². The molecule has 2 aliphatic rings. The van der Waals surface area contributed by atoms with E-state index in [4.69, 9.17) is 9.47 Å². The molecule has 0 fully saturated rings. The Hall–Kier alpha value is -6.40. The minimum Gasteiger partial charge on any atom is -0.453 e. The lowest BCUT2D eigenvalue weighted by molar-refractivity contribution is 0.477. The van der Waals surface area contributed by atoms with E-state index in [1.165, 1.54) is 12.1 Å². The smallest absolute Gasteiger partial charge is 0.151 e. The van der Waals surface area contributed by atoms with E-state index >= 15 is 8.78 Å². The molecule has 9 rings (SSSR count). The van der Waals surface area contributed by atoms with E-state index in [0.29, 0.717) is 45.3 Å². The van der Waals surface area contributed by atoms with Gasteiger partial charge in [0.05, 0.1) is 34.1 Å². The summed E-state index contributed by atoms with van der Waals surface area (Å²) >= 11 is 0. The van der Waals surface area contributed by atoms with Crippen molar-refractivity contribution < 1.29 is 18.3 Å². The highest BCUT2D eigenvalue weighted by Crippen LogP contribution is 2.60. The van der Waals surface area contributed by atoms with Crippen LogP contribution in [0.25, 0.3) is 22.3 Å². The van der Waals surface area contributed by atoms with Crippen LogP contribution in [0.15, 0.2) is 152 Å². The van der Waals surface area contributed by atoms with Crippen molar-refractivity contribution in [3.05, 3.63) is 169 Å². The summed E-state index contributed by atoms with van der Waals surface area (Å²) in [4.78, 5) is 4.30. The lowest BCUT2D eigenvalue weighted by atomic mass is 9.82. The predicted molar refractivity (Wildman–Crippen MR) is 201 cm³/mol. The molecule has 248 valence electrons. The van der Waals surface area contributed by atoms with Crippen LogP contribution < -0.4 is 19.3 Å². The van der Waals surface area contributed by atoms with E-state index in [1.807, 2.05) is 121 Å². The van der Waals surface area contributed by atoms with Gasteiger partial charge in [-0.3, -0.25) is 0 Å². The number of hydrogen-bond acceptors (Lipinski definition) is 4. The average Bonchev–Trinajstić information content (AvgIpc) is 3.16. The topological polar surface area (TPSA) is 24.9 Å². The molecule has 0 bridgehead atoms. The molecule has 7 aromatic rings. The summed E-state index contributed by atoms with van der Waals surface area (Å²) in [6.45, 7) is 4.17. The second kappa shape index (κ2) is 12.2. The van der Waals surface area contributed by atoms with Crippen LogP contribution in [0.2, 0.25) is 0 Å². The predicted octanol–water partition coefficient (Wildman–Crippen LogP) is 13.6. The molecule has 2 aliphatic heterocycles. The van der Waals surface area contributed by atoms with Crippen molar-refractivity contribution in [2.24, 2.45) is 0 Å². The molecule has 0 atom stereocenters. The largest absolute Gasteiger partial charge is 0.453 e. The van der Waals surface area contributed by atoms with Crippen molar-refractivity contribution in [2.75, 3.05) is 9.80 Å². The zero-order valence-corrected chi connectivity index (χ0v) is 28.0. The third-order valence-electron chi connectivity index (χ3n) is 9.53. The van der Waals surface area contributed by atoms with Crippen LogP contribution in [-0.4, -0.2) is 0 Å². The molecule has 0 aliphatic carbocycles. The first-order valence-corrected chi connectivity index (χ1v) is 17.0. The molecule has 4 nitrogen and oxygen atoms in total. The zero-order chi connectivity index (χ0) is 34.6. The first-order chi connectivity index (χ1) is 25.0. The molecule has 51 heavy (non-hydrogen) atoms. The lowest BCUT2D eigenvalue weighted by Gasteiger charge is -2.39.